The highest BCUT2D eigenvalue weighted by molar-refractivity contribution is 5.87. The molecule has 134 valence electrons. The summed E-state index contributed by atoms with van der Waals surface area (Å²) in [6.45, 7) is 10.8. The highest BCUT2D eigenvalue weighted by Gasteiger charge is 2.13. The van der Waals surface area contributed by atoms with Crippen LogP contribution in [0.4, 0.5) is 0 Å². The van der Waals surface area contributed by atoms with Gasteiger partial charge in [-0.2, -0.15) is 0 Å². The summed E-state index contributed by atoms with van der Waals surface area (Å²) >= 11 is 0. The van der Waals surface area contributed by atoms with E-state index < -0.39 is 0 Å². The molecule has 3 heteroatoms. The summed E-state index contributed by atoms with van der Waals surface area (Å²) in [5.74, 6) is 0.928. The normalized spacial score (nSPS) is 13.0. The Balaban J connectivity index is 2.61. The second kappa shape index (κ2) is 10.2. The van der Waals surface area contributed by atoms with Gasteiger partial charge in [0.2, 0.25) is 0 Å². The number of hydrogen-bond donors (Lipinski definition) is 0. The number of benzene rings is 1. The minimum atomic E-state index is -0.296. The summed E-state index contributed by atoms with van der Waals surface area (Å²) in [5.41, 5.74) is 0.598. The standard InChI is InChI=1S/C21H32O3/c1-6-8-11-17(7-2)16-23-20(22)15-14-18-12-9-10-13-19(18)24-21(3,4)5/h9-10,12-15,17H,6-8,11,16H2,1-5H3/b15-14+. The Morgan fingerprint density at radius 2 is 1.92 bits per heavy atom. The third-order valence-electron chi connectivity index (χ3n) is 3.74. The first-order valence-electron chi connectivity index (χ1n) is 8.98. The molecule has 0 heterocycles. The molecule has 1 aromatic rings. The van der Waals surface area contributed by atoms with Crippen molar-refractivity contribution in [3.63, 3.8) is 0 Å². The number of carbonyl (C=O) groups excluding carboxylic acids is 1. The predicted molar refractivity (Wildman–Crippen MR) is 100 cm³/mol. The molecule has 0 radical (unpaired) electrons. The van der Waals surface area contributed by atoms with E-state index in [4.69, 9.17) is 9.47 Å². The maximum Gasteiger partial charge on any atom is 0.330 e. The molecule has 0 bridgehead atoms. The van der Waals surface area contributed by atoms with Gasteiger partial charge < -0.3 is 9.47 Å². The van der Waals surface area contributed by atoms with Gasteiger partial charge in [0.25, 0.3) is 0 Å². The zero-order valence-electron chi connectivity index (χ0n) is 15.8. The zero-order chi connectivity index (χ0) is 18.0. The summed E-state index contributed by atoms with van der Waals surface area (Å²) in [6.07, 6.45) is 7.76. The average Bonchev–Trinajstić information content (AvgIpc) is 2.53. The van der Waals surface area contributed by atoms with E-state index in [1.165, 1.54) is 18.9 Å². The van der Waals surface area contributed by atoms with Crippen molar-refractivity contribution >= 4 is 12.0 Å². The molecular weight excluding hydrogens is 300 g/mol. The van der Waals surface area contributed by atoms with Crippen molar-refractivity contribution in [1.82, 2.24) is 0 Å². The molecule has 0 aliphatic heterocycles. The molecular formula is C21H32O3. The molecule has 0 aromatic heterocycles. The number of para-hydroxylation sites is 1. The third kappa shape index (κ3) is 8.19. The van der Waals surface area contributed by atoms with Gasteiger partial charge in [0.05, 0.1) is 6.61 Å². The Kier molecular flexibility index (Phi) is 8.59. The highest BCUT2D eigenvalue weighted by atomic mass is 16.5. The highest BCUT2D eigenvalue weighted by Crippen LogP contribution is 2.24. The van der Waals surface area contributed by atoms with Crippen LogP contribution < -0.4 is 4.74 Å². The monoisotopic (exact) mass is 332 g/mol. The number of unbranched alkanes of at least 4 members (excludes halogenated alkanes) is 1. The molecule has 1 aromatic carbocycles. The second-order valence-electron chi connectivity index (χ2n) is 7.13. The Morgan fingerprint density at radius 3 is 2.54 bits per heavy atom. The van der Waals surface area contributed by atoms with E-state index >= 15 is 0 Å². The molecule has 0 aliphatic carbocycles. The van der Waals surface area contributed by atoms with Gasteiger partial charge in [0.1, 0.15) is 11.4 Å². The van der Waals surface area contributed by atoms with Crippen molar-refractivity contribution in [2.24, 2.45) is 5.92 Å². The molecule has 0 spiro atoms. The average molecular weight is 332 g/mol. The minimum Gasteiger partial charge on any atom is -0.488 e. The van der Waals surface area contributed by atoms with E-state index in [2.05, 4.69) is 13.8 Å². The van der Waals surface area contributed by atoms with Crippen LogP contribution in [0.2, 0.25) is 0 Å². The van der Waals surface area contributed by atoms with E-state index in [0.717, 1.165) is 24.2 Å². The van der Waals surface area contributed by atoms with Gasteiger partial charge >= 0.3 is 5.97 Å². The smallest absolute Gasteiger partial charge is 0.330 e. The summed E-state index contributed by atoms with van der Waals surface area (Å²) in [6, 6.07) is 7.70. The van der Waals surface area contributed by atoms with E-state index in [1.54, 1.807) is 6.08 Å². The summed E-state index contributed by atoms with van der Waals surface area (Å²) in [5, 5.41) is 0. The van der Waals surface area contributed by atoms with Gasteiger partial charge in [0, 0.05) is 11.6 Å². The van der Waals surface area contributed by atoms with Crippen molar-refractivity contribution < 1.29 is 14.3 Å². The first-order chi connectivity index (χ1) is 11.4. The van der Waals surface area contributed by atoms with Crippen molar-refractivity contribution in [2.45, 2.75) is 65.9 Å². The second-order valence-corrected chi connectivity index (χ2v) is 7.13. The lowest BCUT2D eigenvalue weighted by molar-refractivity contribution is -0.139. The number of hydrogen-bond acceptors (Lipinski definition) is 3. The van der Waals surface area contributed by atoms with Gasteiger partial charge in [-0.05, 0) is 45.3 Å². The Hall–Kier alpha value is -1.77. The van der Waals surface area contributed by atoms with Crippen LogP contribution in [0.5, 0.6) is 5.75 Å². The first-order valence-corrected chi connectivity index (χ1v) is 8.98. The van der Waals surface area contributed by atoms with Crippen LogP contribution in [0.1, 0.15) is 65.9 Å². The van der Waals surface area contributed by atoms with Crippen LogP contribution in [0, 0.1) is 5.92 Å². The van der Waals surface area contributed by atoms with Crippen molar-refractivity contribution in [2.75, 3.05) is 6.61 Å². The van der Waals surface area contributed by atoms with Gasteiger partial charge in [-0.3, -0.25) is 0 Å². The topological polar surface area (TPSA) is 35.5 Å². The largest absolute Gasteiger partial charge is 0.488 e. The van der Waals surface area contributed by atoms with Crippen LogP contribution >= 0.6 is 0 Å². The molecule has 1 rings (SSSR count). The quantitative estimate of drug-likeness (QED) is 0.434. The summed E-state index contributed by atoms with van der Waals surface area (Å²) in [4.78, 5) is 12.0. The minimum absolute atomic E-state index is 0.280. The lowest BCUT2D eigenvalue weighted by atomic mass is 10.0. The molecule has 3 nitrogen and oxygen atoms in total. The van der Waals surface area contributed by atoms with Crippen LogP contribution in [-0.2, 0) is 9.53 Å². The van der Waals surface area contributed by atoms with Gasteiger partial charge in [-0.25, -0.2) is 4.79 Å². The molecule has 24 heavy (non-hydrogen) atoms. The maximum absolute atomic E-state index is 12.0. The fourth-order valence-corrected chi connectivity index (χ4v) is 2.35. The van der Waals surface area contributed by atoms with Gasteiger partial charge in [-0.1, -0.05) is 51.3 Å². The number of ether oxygens (including phenoxy) is 2. The van der Waals surface area contributed by atoms with E-state index in [1.807, 2.05) is 45.0 Å². The molecule has 1 unspecified atom stereocenters. The lowest BCUT2D eigenvalue weighted by Gasteiger charge is -2.22. The zero-order valence-corrected chi connectivity index (χ0v) is 15.8. The van der Waals surface area contributed by atoms with Crippen molar-refractivity contribution in [1.29, 1.82) is 0 Å². The Morgan fingerprint density at radius 1 is 1.21 bits per heavy atom. The third-order valence-corrected chi connectivity index (χ3v) is 3.74. The van der Waals surface area contributed by atoms with Gasteiger partial charge in [-0.15, -0.1) is 0 Å². The lowest BCUT2D eigenvalue weighted by Crippen LogP contribution is -2.23. The predicted octanol–water partition coefficient (Wildman–Crippen LogP) is 5.64. The molecule has 0 fully saturated rings. The molecule has 0 aliphatic rings. The van der Waals surface area contributed by atoms with E-state index in [-0.39, 0.29) is 11.6 Å². The SMILES string of the molecule is CCCCC(CC)COC(=O)/C=C/c1ccccc1OC(C)(C)C. The van der Waals surface area contributed by atoms with Crippen LogP contribution in [0.25, 0.3) is 6.08 Å². The van der Waals surface area contributed by atoms with E-state index in [9.17, 15) is 4.79 Å². The molecule has 1 atom stereocenters. The van der Waals surface area contributed by atoms with Crippen LogP contribution in [0.15, 0.2) is 30.3 Å². The molecule has 0 amide bonds. The Bertz CT molecular complexity index is 526. The first kappa shape index (κ1) is 20.3. The molecule has 0 saturated heterocycles. The maximum atomic E-state index is 12.0. The van der Waals surface area contributed by atoms with Crippen molar-refractivity contribution in [3.8, 4) is 5.75 Å². The summed E-state index contributed by atoms with van der Waals surface area (Å²) in [7, 11) is 0. The Labute approximate surface area is 147 Å². The van der Waals surface area contributed by atoms with E-state index in [0.29, 0.717) is 12.5 Å². The number of rotatable bonds is 9. The fraction of sp³-hybridized carbons (Fsp3) is 0.571. The molecule has 0 saturated carbocycles. The number of esters is 1. The van der Waals surface area contributed by atoms with Crippen molar-refractivity contribution in [3.05, 3.63) is 35.9 Å². The summed E-state index contributed by atoms with van der Waals surface area (Å²) < 4.78 is 11.3. The van der Waals surface area contributed by atoms with Crippen LogP contribution in [0.3, 0.4) is 0 Å². The molecule has 0 N–H and O–H groups in total. The van der Waals surface area contributed by atoms with Crippen LogP contribution in [-0.4, -0.2) is 18.2 Å². The van der Waals surface area contributed by atoms with Gasteiger partial charge in [0.15, 0.2) is 0 Å². The fourth-order valence-electron chi connectivity index (χ4n) is 2.35. The number of carbonyl (C=O) groups is 1.